The molecule has 3 nitrogen and oxygen atoms in total. The summed E-state index contributed by atoms with van der Waals surface area (Å²) in [5.74, 6) is -0.306. The molecule has 1 atom stereocenters. The van der Waals surface area contributed by atoms with Gasteiger partial charge in [-0.1, -0.05) is 12.1 Å². The van der Waals surface area contributed by atoms with E-state index < -0.39 is 0 Å². The van der Waals surface area contributed by atoms with Crippen molar-refractivity contribution in [2.45, 2.75) is 6.04 Å². The Morgan fingerprint density at radius 2 is 2.36 bits per heavy atom. The van der Waals surface area contributed by atoms with Crippen molar-refractivity contribution in [1.29, 1.82) is 0 Å². The Labute approximate surface area is 88.9 Å². The van der Waals surface area contributed by atoms with Gasteiger partial charge in [0.1, 0.15) is 18.5 Å². The highest BCUT2D eigenvalue weighted by atomic mass is 79.9. The molecule has 0 radical (unpaired) electrons. The van der Waals surface area contributed by atoms with Gasteiger partial charge in [0.25, 0.3) is 6.02 Å². The molecule has 1 unspecified atom stereocenters. The molecule has 1 heterocycles. The number of nitrogens with zero attached hydrogens (tertiary/aromatic N) is 1. The number of benzene rings is 1. The van der Waals surface area contributed by atoms with Gasteiger partial charge in [-0.2, -0.15) is 0 Å². The summed E-state index contributed by atoms with van der Waals surface area (Å²) < 4.78 is 19.0. The lowest BCUT2D eigenvalue weighted by Crippen LogP contribution is -2.10. The summed E-state index contributed by atoms with van der Waals surface area (Å²) >= 11 is 3.11. The van der Waals surface area contributed by atoms with Crippen LogP contribution < -0.4 is 5.73 Å². The smallest absolute Gasteiger partial charge is 0.282 e. The average molecular weight is 259 g/mol. The van der Waals surface area contributed by atoms with E-state index in [-0.39, 0.29) is 17.9 Å². The van der Waals surface area contributed by atoms with E-state index >= 15 is 0 Å². The summed E-state index contributed by atoms with van der Waals surface area (Å²) in [6.07, 6.45) is 0. The number of amidine groups is 1. The van der Waals surface area contributed by atoms with Crippen LogP contribution in [0.5, 0.6) is 0 Å². The standard InChI is InChI=1S/C9H8BrFN2O/c10-6-3-1-2-5(8(6)11)7-4-14-9(12)13-7/h1-3,7H,4H2,(H2,12,13). The Hall–Kier alpha value is -1.10. The molecular formula is C9H8BrFN2O. The zero-order chi connectivity index (χ0) is 10.1. The van der Waals surface area contributed by atoms with Crippen LogP contribution in [0.15, 0.2) is 27.7 Å². The van der Waals surface area contributed by atoms with Crippen molar-refractivity contribution < 1.29 is 9.13 Å². The monoisotopic (exact) mass is 258 g/mol. The largest absolute Gasteiger partial charge is 0.463 e. The van der Waals surface area contributed by atoms with Gasteiger partial charge in [-0.25, -0.2) is 9.38 Å². The van der Waals surface area contributed by atoms with Crippen molar-refractivity contribution >= 4 is 22.0 Å². The molecule has 74 valence electrons. The first-order valence-corrected chi connectivity index (χ1v) is 4.88. The molecule has 1 aromatic rings. The molecule has 5 heteroatoms. The van der Waals surface area contributed by atoms with Crippen LogP contribution in [0.3, 0.4) is 0 Å². The number of ether oxygens (including phenoxy) is 1. The number of rotatable bonds is 1. The van der Waals surface area contributed by atoms with Gasteiger partial charge in [-0.3, -0.25) is 0 Å². The van der Waals surface area contributed by atoms with E-state index in [0.717, 1.165) is 0 Å². The lowest BCUT2D eigenvalue weighted by atomic mass is 10.1. The number of nitrogens with two attached hydrogens (primary N) is 1. The van der Waals surface area contributed by atoms with Gasteiger partial charge in [0, 0.05) is 5.56 Å². The van der Waals surface area contributed by atoms with E-state index in [0.29, 0.717) is 16.6 Å². The summed E-state index contributed by atoms with van der Waals surface area (Å²) in [7, 11) is 0. The van der Waals surface area contributed by atoms with Crippen LogP contribution in [0.4, 0.5) is 4.39 Å². The molecular weight excluding hydrogens is 251 g/mol. The molecule has 0 saturated carbocycles. The third kappa shape index (κ3) is 1.59. The normalized spacial score (nSPS) is 20.4. The van der Waals surface area contributed by atoms with Gasteiger partial charge >= 0.3 is 0 Å². The summed E-state index contributed by atoms with van der Waals surface area (Å²) in [6.45, 7) is 0.305. The van der Waals surface area contributed by atoms with Gasteiger partial charge in [0.05, 0.1) is 4.47 Å². The van der Waals surface area contributed by atoms with E-state index in [4.69, 9.17) is 10.5 Å². The van der Waals surface area contributed by atoms with Crippen molar-refractivity contribution in [2.24, 2.45) is 10.7 Å². The highest BCUT2D eigenvalue weighted by molar-refractivity contribution is 9.10. The Morgan fingerprint density at radius 3 is 3.00 bits per heavy atom. The molecule has 2 N–H and O–H groups in total. The second-order valence-electron chi connectivity index (χ2n) is 2.94. The van der Waals surface area contributed by atoms with Crippen LogP contribution in [0.2, 0.25) is 0 Å². The third-order valence-corrected chi connectivity index (χ3v) is 2.63. The highest BCUT2D eigenvalue weighted by Gasteiger charge is 2.22. The number of halogens is 2. The molecule has 1 aromatic carbocycles. The zero-order valence-corrected chi connectivity index (χ0v) is 8.79. The van der Waals surface area contributed by atoms with Crippen LogP contribution in [0.25, 0.3) is 0 Å². The summed E-state index contributed by atoms with van der Waals surface area (Å²) in [5, 5.41) is 0. The molecule has 1 aliphatic rings. The van der Waals surface area contributed by atoms with Gasteiger partial charge in [-0.05, 0) is 22.0 Å². The highest BCUT2D eigenvalue weighted by Crippen LogP contribution is 2.28. The minimum absolute atomic E-state index is 0.120. The maximum atomic E-state index is 13.6. The van der Waals surface area contributed by atoms with E-state index in [1.165, 1.54) is 0 Å². The Balaban J connectivity index is 2.37. The van der Waals surface area contributed by atoms with Crippen LogP contribution in [-0.4, -0.2) is 12.6 Å². The molecule has 0 amide bonds. The van der Waals surface area contributed by atoms with Gasteiger partial charge in [0.2, 0.25) is 0 Å². The molecule has 0 aliphatic carbocycles. The first-order valence-electron chi connectivity index (χ1n) is 4.08. The number of aliphatic imine (C=N–C) groups is 1. The topological polar surface area (TPSA) is 47.6 Å². The third-order valence-electron chi connectivity index (χ3n) is 2.01. The predicted molar refractivity (Wildman–Crippen MR) is 54.4 cm³/mol. The molecule has 0 spiro atoms. The Bertz CT molecular complexity index is 394. The van der Waals surface area contributed by atoms with Crippen molar-refractivity contribution in [1.82, 2.24) is 0 Å². The molecule has 0 aromatic heterocycles. The van der Waals surface area contributed by atoms with Crippen molar-refractivity contribution in [2.75, 3.05) is 6.61 Å². The van der Waals surface area contributed by atoms with Crippen LogP contribution in [0.1, 0.15) is 11.6 Å². The lowest BCUT2D eigenvalue weighted by Gasteiger charge is -2.07. The van der Waals surface area contributed by atoms with Gasteiger partial charge in [-0.15, -0.1) is 0 Å². The van der Waals surface area contributed by atoms with Crippen LogP contribution in [-0.2, 0) is 4.74 Å². The van der Waals surface area contributed by atoms with Crippen LogP contribution in [0, 0.1) is 5.82 Å². The number of hydrogen-bond donors (Lipinski definition) is 1. The molecule has 1 aliphatic heterocycles. The lowest BCUT2D eigenvalue weighted by molar-refractivity contribution is 0.312. The fourth-order valence-corrected chi connectivity index (χ4v) is 1.71. The maximum Gasteiger partial charge on any atom is 0.282 e. The Kier molecular flexibility index (Phi) is 2.41. The SMILES string of the molecule is NC1=NC(c2cccc(Br)c2F)CO1. The van der Waals surface area contributed by atoms with E-state index in [1.807, 2.05) is 0 Å². The Morgan fingerprint density at radius 1 is 1.57 bits per heavy atom. The summed E-state index contributed by atoms with van der Waals surface area (Å²) in [4.78, 5) is 3.97. The van der Waals surface area contributed by atoms with E-state index in [2.05, 4.69) is 20.9 Å². The quantitative estimate of drug-likeness (QED) is 0.838. The predicted octanol–water partition coefficient (Wildman–Crippen LogP) is 1.97. The molecule has 0 bridgehead atoms. The minimum atomic E-state index is -0.326. The van der Waals surface area contributed by atoms with Gasteiger partial charge < -0.3 is 10.5 Å². The van der Waals surface area contributed by atoms with Crippen molar-refractivity contribution in [3.05, 3.63) is 34.1 Å². The first kappa shape index (κ1) is 9.45. The molecule has 2 rings (SSSR count). The van der Waals surface area contributed by atoms with E-state index in [9.17, 15) is 4.39 Å². The zero-order valence-electron chi connectivity index (χ0n) is 7.21. The molecule has 0 saturated heterocycles. The van der Waals surface area contributed by atoms with Crippen molar-refractivity contribution in [3.8, 4) is 0 Å². The van der Waals surface area contributed by atoms with Gasteiger partial charge in [0.15, 0.2) is 0 Å². The second kappa shape index (κ2) is 3.57. The minimum Gasteiger partial charge on any atom is -0.463 e. The molecule has 14 heavy (non-hydrogen) atoms. The fraction of sp³-hybridized carbons (Fsp3) is 0.222. The van der Waals surface area contributed by atoms with E-state index in [1.54, 1.807) is 18.2 Å². The fourth-order valence-electron chi connectivity index (χ4n) is 1.33. The summed E-state index contributed by atoms with van der Waals surface area (Å²) in [6, 6.07) is 4.87. The molecule has 0 fully saturated rings. The van der Waals surface area contributed by atoms with Crippen LogP contribution >= 0.6 is 15.9 Å². The second-order valence-corrected chi connectivity index (χ2v) is 3.79. The first-order chi connectivity index (χ1) is 6.68. The summed E-state index contributed by atoms with van der Waals surface area (Å²) in [5.41, 5.74) is 5.84. The maximum absolute atomic E-state index is 13.6. The van der Waals surface area contributed by atoms with Crippen molar-refractivity contribution in [3.63, 3.8) is 0 Å². The number of hydrogen-bond acceptors (Lipinski definition) is 3. The average Bonchev–Trinajstić information content (AvgIpc) is 2.57.